The first-order chi connectivity index (χ1) is 9.58. The molecule has 0 radical (unpaired) electrons. The Bertz CT molecular complexity index is 436. The second-order valence-corrected chi connectivity index (χ2v) is 5.65. The molecule has 1 unspecified atom stereocenters. The quantitative estimate of drug-likeness (QED) is 0.917. The lowest BCUT2D eigenvalue weighted by Gasteiger charge is -2.28. The van der Waals surface area contributed by atoms with Crippen LogP contribution in [0.25, 0.3) is 0 Å². The van der Waals surface area contributed by atoms with Crippen molar-refractivity contribution in [3.63, 3.8) is 0 Å². The van der Waals surface area contributed by atoms with E-state index in [1.165, 1.54) is 0 Å². The summed E-state index contributed by atoms with van der Waals surface area (Å²) in [7, 11) is 0. The van der Waals surface area contributed by atoms with Crippen molar-refractivity contribution in [1.82, 2.24) is 5.32 Å². The molecule has 1 N–H and O–H groups in total. The summed E-state index contributed by atoms with van der Waals surface area (Å²) < 4.78 is 5.34. The van der Waals surface area contributed by atoms with E-state index in [4.69, 9.17) is 4.74 Å². The van der Waals surface area contributed by atoms with E-state index in [1.54, 1.807) is 0 Å². The third kappa shape index (κ3) is 3.73. The summed E-state index contributed by atoms with van der Waals surface area (Å²) in [6.45, 7) is 9.61. The predicted octanol–water partition coefficient (Wildman–Crippen LogP) is 2.30. The molecule has 0 spiro atoms. The molecule has 20 heavy (non-hydrogen) atoms. The standard InChI is InChI=1S/C16H24N2O2/c1-12(2)13(3)17-16(19)14-4-6-15(7-5-14)18-8-10-20-11-9-18/h4-7,12-13H,8-11H2,1-3H3,(H,17,19). The molecule has 4 nitrogen and oxygen atoms in total. The van der Waals surface area contributed by atoms with Crippen LogP contribution in [0.15, 0.2) is 24.3 Å². The molecule has 0 aromatic heterocycles. The van der Waals surface area contributed by atoms with Gasteiger partial charge in [0.2, 0.25) is 0 Å². The third-order valence-electron chi connectivity index (χ3n) is 3.86. The van der Waals surface area contributed by atoms with Gasteiger partial charge in [0.15, 0.2) is 0 Å². The number of rotatable bonds is 4. The molecule has 1 saturated heterocycles. The molecule has 1 aromatic carbocycles. The molecule has 1 aliphatic rings. The molecule has 1 aromatic rings. The molecule has 0 saturated carbocycles. The van der Waals surface area contributed by atoms with Gasteiger partial charge in [0.25, 0.3) is 5.91 Å². The van der Waals surface area contributed by atoms with Crippen molar-refractivity contribution < 1.29 is 9.53 Å². The van der Waals surface area contributed by atoms with Crippen molar-refractivity contribution in [3.8, 4) is 0 Å². The zero-order valence-electron chi connectivity index (χ0n) is 12.6. The first-order valence-corrected chi connectivity index (χ1v) is 7.31. The molecule has 0 bridgehead atoms. The molecule has 1 heterocycles. The van der Waals surface area contributed by atoms with Crippen LogP contribution < -0.4 is 10.2 Å². The second-order valence-electron chi connectivity index (χ2n) is 5.65. The van der Waals surface area contributed by atoms with Crippen LogP contribution in [-0.2, 0) is 4.74 Å². The average molecular weight is 276 g/mol. The van der Waals surface area contributed by atoms with Crippen molar-refractivity contribution in [3.05, 3.63) is 29.8 Å². The van der Waals surface area contributed by atoms with Crippen LogP contribution in [0.4, 0.5) is 5.69 Å². The van der Waals surface area contributed by atoms with Crippen LogP contribution in [0.3, 0.4) is 0 Å². The Hall–Kier alpha value is -1.55. The highest BCUT2D eigenvalue weighted by atomic mass is 16.5. The first-order valence-electron chi connectivity index (χ1n) is 7.31. The van der Waals surface area contributed by atoms with Gasteiger partial charge in [-0.2, -0.15) is 0 Å². The van der Waals surface area contributed by atoms with E-state index < -0.39 is 0 Å². The summed E-state index contributed by atoms with van der Waals surface area (Å²) in [6.07, 6.45) is 0. The van der Waals surface area contributed by atoms with Crippen LogP contribution in [-0.4, -0.2) is 38.3 Å². The SMILES string of the molecule is CC(C)C(C)NC(=O)c1ccc(N2CCOCC2)cc1. The fourth-order valence-corrected chi connectivity index (χ4v) is 2.10. The maximum absolute atomic E-state index is 12.1. The number of amides is 1. The highest BCUT2D eigenvalue weighted by Gasteiger charge is 2.14. The number of carbonyl (C=O) groups excluding carboxylic acids is 1. The van der Waals surface area contributed by atoms with Crippen molar-refractivity contribution in [2.75, 3.05) is 31.2 Å². The van der Waals surface area contributed by atoms with Crippen molar-refractivity contribution in [2.45, 2.75) is 26.8 Å². The monoisotopic (exact) mass is 276 g/mol. The number of nitrogens with one attached hydrogen (secondary N) is 1. The number of nitrogens with zero attached hydrogens (tertiary/aromatic N) is 1. The smallest absolute Gasteiger partial charge is 0.251 e. The van der Waals surface area contributed by atoms with E-state index in [2.05, 4.69) is 24.1 Å². The summed E-state index contributed by atoms with van der Waals surface area (Å²) in [5, 5.41) is 3.02. The van der Waals surface area contributed by atoms with Gasteiger partial charge in [0.1, 0.15) is 0 Å². The van der Waals surface area contributed by atoms with Crippen molar-refractivity contribution in [2.24, 2.45) is 5.92 Å². The van der Waals surface area contributed by atoms with Gasteiger partial charge in [-0.25, -0.2) is 0 Å². The van der Waals surface area contributed by atoms with E-state index in [-0.39, 0.29) is 11.9 Å². The van der Waals surface area contributed by atoms with Crippen molar-refractivity contribution in [1.29, 1.82) is 0 Å². The van der Waals surface area contributed by atoms with Gasteiger partial charge < -0.3 is 15.0 Å². The molecular formula is C16H24N2O2. The Morgan fingerprint density at radius 2 is 1.75 bits per heavy atom. The highest BCUT2D eigenvalue weighted by Crippen LogP contribution is 2.16. The largest absolute Gasteiger partial charge is 0.378 e. The average Bonchev–Trinajstić information content (AvgIpc) is 2.48. The van der Waals surface area contributed by atoms with E-state index in [1.807, 2.05) is 31.2 Å². The van der Waals surface area contributed by atoms with Crippen LogP contribution in [0.2, 0.25) is 0 Å². The maximum atomic E-state index is 12.1. The fourth-order valence-electron chi connectivity index (χ4n) is 2.10. The third-order valence-corrected chi connectivity index (χ3v) is 3.86. The number of morpholine rings is 1. The van der Waals surface area contributed by atoms with Gasteiger partial charge in [-0.1, -0.05) is 13.8 Å². The lowest BCUT2D eigenvalue weighted by atomic mass is 10.1. The Morgan fingerprint density at radius 3 is 2.30 bits per heavy atom. The number of benzene rings is 1. The molecule has 1 aliphatic heterocycles. The minimum absolute atomic E-state index is 0.000252. The minimum Gasteiger partial charge on any atom is -0.378 e. The van der Waals surface area contributed by atoms with Gasteiger partial charge in [-0.3, -0.25) is 4.79 Å². The van der Waals surface area contributed by atoms with Gasteiger partial charge >= 0.3 is 0 Å². The molecular weight excluding hydrogens is 252 g/mol. The first kappa shape index (κ1) is 14.9. The molecule has 0 aliphatic carbocycles. The van der Waals surface area contributed by atoms with Gasteiger partial charge in [-0.05, 0) is 37.1 Å². The summed E-state index contributed by atoms with van der Waals surface area (Å²) >= 11 is 0. The predicted molar refractivity (Wildman–Crippen MR) is 81.2 cm³/mol. The summed E-state index contributed by atoms with van der Waals surface area (Å²) in [5.74, 6) is 0.436. The fraction of sp³-hybridized carbons (Fsp3) is 0.562. The van der Waals surface area contributed by atoms with E-state index in [0.717, 1.165) is 37.6 Å². The summed E-state index contributed by atoms with van der Waals surface area (Å²) in [6, 6.07) is 8.00. The summed E-state index contributed by atoms with van der Waals surface area (Å²) in [4.78, 5) is 14.4. The number of hydrogen-bond donors (Lipinski definition) is 1. The Labute approximate surface area is 121 Å². The van der Waals surface area contributed by atoms with Gasteiger partial charge in [0.05, 0.1) is 13.2 Å². The van der Waals surface area contributed by atoms with E-state index >= 15 is 0 Å². The Balaban J connectivity index is 1.98. The number of anilines is 1. The van der Waals surface area contributed by atoms with E-state index in [0.29, 0.717) is 5.92 Å². The molecule has 2 rings (SSSR count). The zero-order valence-corrected chi connectivity index (χ0v) is 12.6. The normalized spacial score (nSPS) is 17.1. The van der Waals surface area contributed by atoms with E-state index in [9.17, 15) is 4.79 Å². The summed E-state index contributed by atoms with van der Waals surface area (Å²) in [5.41, 5.74) is 1.87. The highest BCUT2D eigenvalue weighted by molar-refractivity contribution is 5.94. The molecule has 4 heteroatoms. The molecule has 1 amide bonds. The molecule has 110 valence electrons. The topological polar surface area (TPSA) is 41.6 Å². The maximum Gasteiger partial charge on any atom is 0.251 e. The number of ether oxygens (including phenoxy) is 1. The van der Waals surface area contributed by atoms with Gasteiger partial charge in [0, 0.05) is 30.4 Å². The van der Waals surface area contributed by atoms with Gasteiger partial charge in [-0.15, -0.1) is 0 Å². The van der Waals surface area contributed by atoms with Crippen LogP contribution in [0.5, 0.6) is 0 Å². The van der Waals surface area contributed by atoms with Crippen LogP contribution in [0.1, 0.15) is 31.1 Å². The van der Waals surface area contributed by atoms with Crippen LogP contribution in [0, 0.1) is 5.92 Å². The minimum atomic E-state index is -0.000252. The Morgan fingerprint density at radius 1 is 1.15 bits per heavy atom. The Kier molecular flexibility index (Phi) is 5.01. The number of hydrogen-bond acceptors (Lipinski definition) is 3. The second kappa shape index (κ2) is 6.75. The lowest BCUT2D eigenvalue weighted by Crippen LogP contribution is -2.37. The number of carbonyl (C=O) groups is 1. The van der Waals surface area contributed by atoms with Crippen molar-refractivity contribution >= 4 is 11.6 Å². The zero-order chi connectivity index (χ0) is 14.5. The lowest BCUT2D eigenvalue weighted by molar-refractivity contribution is 0.0930. The molecule has 1 atom stereocenters. The van der Waals surface area contributed by atoms with Crippen LogP contribution >= 0.6 is 0 Å². The molecule has 1 fully saturated rings.